The number of sulfonamides is 2. The molecule has 306 valence electrons. The number of hydrogen-bond donors (Lipinski definition) is 0. The molecule has 1 aromatic carbocycles. The molecular formula is C44H84N2O4S2. The molecule has 1 rings (SSSR count). The van der Waals surface area contributed by atoms with Crippen molar-refractivity contribution in [3.8, 4) is 0 Å². The highest BCUT2D eigenvalue weighted by Crippen LogP contribution is 2.23. The summed E-state index contributed by atoms with van der Waals surface area (Å²) < 4.78 is 56.1. The molecule has 0 bridgehead atoms. The Hall–Kier alpha value is -0.960. The lowest BCUT2D eigenvalue weighted by atomic mass is 10.0. The van der Waals surface area contributed by atoms with Gasteiger partial charge in [-0.15, -0.1) is 0 Å². The monoisotopic (exact) mass is 769 g/mol. The van der Waals surface area contributed by atoms with E-state index in [1.807, 2.05) is 0 Å². The van der Waals surface area contributed by atoms with Crippen molar-refractivity contribution >= 4 is 20.0 Å². The second kappa shape index (κ2) is 32.3. The fourth-order valence-corrected chi connectivity index (χ4v) is 9.75. The largest absolute Gasteiger partial charge is 0.242 e. The second-order valence-corrected chi connectivity index (χ2v) is 19.8. The van der Waals surface area contributed by atoms with Gasteiger partial charge < -0.3 is 0 Å². The summed E-state index contributed by atoms with van der Waals surface area (Å²) in [4.78, 5) is 0.0896. The van der Waals surface area contributed by atoms with Crippen LogP contribution in [0.3, 0.4) is 0 Å². The quantitative estimate of drug-likeness (QED) is 0.0628. The smallest absolute Gasteiger partial charge is 0.207 e. The maximum Gasteiger partial charge on any atom is 0.242 e. The minimum atomic E-state index is -3.76. The van der Waals surface area contributed by atoms with Crippen molar-refractivity contribution in [2.75, 3.05) is 27.2 Å². The van der Waals surface area contributed by atoms with E-state index in [0.29, 0.717) is 13.1 Å². The van der Waals surface area contributed by atoms with E-state index in [1.54, 1.807) is 20.2 Å². The molecule has 52 heavy (non-hydrogen) atoms. The molecule has 1 aromatic rings. The van der Waals surface area contributed by atoms with Crippen LogP contribution in [-0.2, 0) is 20.0 Å². The van der Waals surface area contributed by atoms with Crippen LogP contribution in [0.4, 0.5) is 0 Å². The van der Waals surface area contributed by atoms with Crippen LogP contribution >= 0.6 is 0 Å². The van der Waals surface area contributed by atoms with Crippen LogP contribution in [0.1, 0.15) is 219 Å². The molecule has 0 aliphatic rings. The standard InChI is InChI=1S/C44H84N2O4S2/c1-5-7-9-11-13-15-17-19-21-23-25-27-29-31-33-35-40-45(3)51(47,48)43-38-37-39-44(42-43)52(49,50)46(4)41-36-34-32-30-28-26-24-22-20-18-16-14-12-10-8-6-2/h37-39,42H,5-36,40-41H2,1-4H3. The molecule has 0 fully saturated rings. The number of nitrogens with zero attached hydrogens (tertiary/aromatic N) is 2. The first-order chi connectivity index (χ1) is 25.2. The zero-order valence-electron chi connectivity index (χ0n) is 34.7. The van der Waals surface area contributed by atoms with Crippen molar-refractivity contribution in [2.24, 2.45) is 0 Å². The van der Waals surface area contributed by atoms with Crippen molar-refractivity contribution in [3.63, 3.8) is 0 Å². The van der Waals surface area contributed by atoms with Gasteiger partial charge in [-0.05, 0) is 31.0 Å². The summed E-state index contributed by atoms with van der Waals surface area (Å²) in [5.41, 5.74) is 0. The lowest BCUT2D eigenvalue weighted by molar-refractivity contribution is 0.445. The number of hydrogen-bond acceptors (Lipinski definition) is 4. The van der Waals surface area contributed by atoms with Crippen molar-refractivity contribution in [2.45, 2.75) is 229 Å². The first kappa shape index (κ1) is 49.1. The zero-order valence-corrected chi connectivity index (χ0v) is 36.3. The highest BCUT2D eigenvalue weighted by Gasteiger charge is 2.25. The molecule has 0 saturated carbocycles. The Morgan fingerprint density at radius 2 is 0.577 bits per heavy atom. The normalized spacial score (nSPS) is 12.4. The van der Waals surface area contributed by atoms with Crippen molar-refractivity contribution in [1.82, 2.24) is 8.61 Å². The van der Waals surface area contributed by atoms with Gasteiger partial charge in [-0.2, -0.15) is 0 Å². The molecule has 0 atom stereocenters. The highest BCUT2D eigenvalue weighted by atomic mass is 32.2. The molecule has 0 unspecified atom stereocenters. The minimum Gasteiger partial charge on any atom is -0.207 e. The molecule has 0 aliphatic carbocycles. The topological polar surface area (TPSA) is 74.8 Å². The Morgan fingerprint density at radius 3 is 0.808 bits per heavy atom. The summed E-state index contributed by atoms with van der Waals surface area (Å²) in [6, 6.07) is 5.89. The van der Waals surface area contributed by atoms with Crippen LogP contribution in [-0.4, -0.2) is 52.6 Å². The van der Waals surface area contributed by atoms with Crippen LogP contribution in [0.25, 0.3) is 0 Å². The predicted octanol–water partition coefficient (Wildman–Crippen LogP) is 13.5. The third-order valence-corrected chi connectivity index (χ3v) is 14.6. The predicted molar refractivity (Wildman–Crippen MR) is 225 cm³/mol. The van der Waals surface area contributed by atoms with Gasteiger partial charge in [-0.1, -0.05) is 213 Å². The van der Waals surface area contributed by atoms with E-state index in [4.69, 9.17) is 0 Å². The Kier molecular flexibility index (Phi) is 30.5. The Labute approximate surface area is 324 Å². The van der Waals surface area contributed by atoms with Gasteiger partial charge in [0.2, 0.25) is 20.0 Å². The van der Waals surface area contributed by atoms with Crippen LogP contribution in [0.2, 0.25) is 0 Å². The van der Waals surface area contributed by atoms with Gasteiger partial charge in [0, 0.05) is 27.2 Å². The summed E-state index contributed by atoms with van der Waals surface area (Å²) in [5, 5.41) is 0. The van der Waals surface area contributed by atoms with Crippen molar-refractivity contribution < 1.29 is 16.8 Å². The highest BCUT2D eigenvalue weighted by molar-refractivity contribution is 7.90. The molecule has 0 heterocycles. The minimum absolute atomic E-state index is 0.0448. The molecule has 0 amide bonds. The van der Waals surface area contributed by atoms with E-state index in [-0.39, 0.29) is 9.79 Å². The third-order valence-electron chi connectivity index (χ3n) is 10.9. The van der Waals surface area contributed by atoms with E-state index in [0.717, 1.165) is 38.5 Å². The van der Waals surface area contributed by atoms with Crippen molar-refractivity contribution in [1.29, 1.82) is 0 Å². The number of benzene rings is 1. The van der Waals surface area contributed by atoms with E-state index in [2.05, 4.69) is 13.8 Å². The maximum absolute atomic E-state index is 13.3. The Bertz CT molecular complexity index is 1090. The average Bonchev–Trinajstić information content (AvgIpc) is 3.14. The molecule has 0 saturated heterocycles. The number of unbranched alkanes of at least 4 members (excludes halogenated alkanes) is 30. The van der Waals surface area contributed by atoms with Gasteiger partial charge in [0.05, 0.1) is 9.79 Å². The summed E-state index contributed by atoms with van der Waals surface area (Å²) >= 11 is 0. The van der Waals surface area contributed by atoms with Gasteiger partial charge in [-0.3, -0.25) is 0 Å². The molecule has 0 spiro atoms. The Balaban J connectivity index is 2.21. The molecular weight excluding hydrogens is 685 g/mol. The van der Waals surface area contributed by atoms with Gasteiger partial charge in [0.1, 0.15) is 0 Å². The molecule has 0 aliphatic heterocycles. The van der Waals surface area contributed by atoms with Crippen LogP contribution in [0, 0.1) is 0 Å². The summed E-state index contributed by atoms with van der Waals surface area (Å²) in [6.07, 6.45) is 41.0. The maximum atomic E-state index is 13.3. The molecule has 0 radical (unpaired) electrons. The lowest BCUT2D eigenvalue weighted by Crippen LogP contribution is -2.30. The van der Waals surface area contributed by atoms with E-state index in [1.165, 1.54) is 194 Å². The van der Waals surface area contributed by atoms with Crippen LogP contribution in [0.5, 0.6) is 0 Å². The SMILES string of the molecule is CCCCCCCCCCCCCCCCCCN(C)S(=O)(=O)c1cccc(S(=O)(=O)N(C)CCCCCCCCCCCCCCCCCC)c1. The second-order valence-electron chi connectivity index (χ2n) is 15.7. The summed E-state index contributed by atoms with van der Waals surface area (Å²) in [6.45, 7) is 5.42. The van der Waals surface area contributed by atoms with Crippen molar-refractivity contribution in [3.05, 3.63) is 24.3 Å². The zero-order chi connectivity index (χ0) is 38.2. The fourth-order valence-electron chi connectivity index (χ4n) is 7.16. The van der Waals surface area contributed by atoms with Gasteiger partial charge in [0.25, 0.3) is 0 Å². The number of rotatable bonds is 38. The molecule has 0 aromatic heterocycles. The molecule has 8 heteroatoms. The average molecular weight is 769 g/mol. The Morgan fingerprint density at radius 1 is 0.365 bits per heavy atom. The lowest BCUT2D eigenvalue weighted by Gasteiger charge is -2.20. The van der Waals surface area contributed by atoms with E-state index >= 15 is 0 Å². The molecule has 0 N–H and O–H groups in total. The fraction of sp³-hybridized carbons (Fsp3) is 0.864. The first-order valence-corrected chi connectivity index (χ1v) is 25.1. The van der Waals surface area contributed by atoms with Gasteiger partial charge in [0.15, 0.2) is 0 Å². The van der Waals surface area contributed by atoms with Gasteiger partial charge in [-0.25, -0.2) is 25.4 Å². The van der Waals surface area contributed by atoms with E-state index in [9.17, 15) is 16.8 Å². The third kappa shape index (κ3) is 23.7. The van der Waals surface area contributed by atoms with Gasteiger partial charge >= 0.3 is 0 Å². The van der Waals surface area contributed by atoms with E-state index < -0.39 is 20.0 Å². The molecule has 6 nitrogen and oxygen atoms in total. The van der Waals surface area contributed by atoms with Crippen LogP contribution < -0.4 is 0 Å². The summed E-state index contributed by atoms with van der Waals surface area (Å²) in [7, 11) is -4.32. The first-order valence-electron chi connectivity index (χ1n) is 22.2. The summed E-state index contributed by atoms with van der Waals surface area (Å²) in [5.74, 6) is 0. The van der Waals surface area contributed by atoms with Crippen LogP contribution in [0.15, 0.2) is 34.1 Å².